The second-order valence-corrected chi connectivity index (χ2v) is 9.02. The van der Waals surface area contributed by atoms with Crippen LogP contribution in [0.5, 0.6) is 0 Å². The van der Waals surface area contributed by atoms with Gasteiger partial charge in [-0.15, -0.1) is 0 Å². The van der Waals surface area contributed by atoms with Crippen molar-refractivity contribution in [3.8, 4) is 11.3 Å². The topological polar surface area (TPSA) is 25.2 Å². The fourth-order valence-electron chi connectivity index (χ4n) is 4.97. The van der Waals surface area contributed by atoms with E-state index in [1.807, 2.05) is 54.4 Å². The Labute approximate surface area is 188 Å². The number of fused-ring (bicyclic) bond motifs is 2. The van der Waals surface area contributed by atoms with Gasteiger partial charge in [0.05, 0.1) is 11.7 Å². The zero-order valence-electron chi connectivity index (χ0n) is 18.7. The summed E-state index contributed by atoms with van der Waals surface area (Å²) in [4.78, 5) is 15.5. The molecule has 0 unspecified atom stereocenters. The van der Waals surface area contributed by atoms with Gasteiger partial charge in [-0.25, -0.2) is 4.39 Å². The molecule has 5 rings (SSSR count). The molecule has 1 atom stereocenters. The molecule has 0 aliphatic carbocycles. The summed E-state index contributed by atoms with van der Waals surface area (Å²) >= 11 is 0. The van der Waals surface area contributed by atoms with Crippen molar-refractivity contribution in [2.75, 3.05) is 6.54 Å². The van der Waals surface area contributed by atoms with E-state index >= 15 is 0 Å². The Morgan fingerprint density at radius 1 is 0.938 bits per heavy atom. The third-order valence-corrected chi connectivity index (χ3v) is 6.54. The van der Waals surface area contributed by atoms with E-state index < -0.39 is 0 Å². The quantitative estimate of drug-likeness (QED) is 0.354. The summed E-state index contributed by atoms with van der Waals surface area (Å²) in [6.45, 7) is 5.07. The van der Waals surface area contributed by atoms with E-state index in [-0.39, 0.29) is 17.8 Å². The minimum atomic E-state index is -0.256. The van der Waals surface area contributed by atoms with Gasteiger partial charge in [-0.2, -0.15) is 0 Å². The minimum Gasteiger partial charge on any atom is -0.343 e. The van der Waals surface area contributed by atoms with Crippen molar-refractivity contribution in [3.05, 3.63) is 95.3 Å². The molecule has 4 aromatic rings. The number of nitrogens with zero attached hydrogens (tertiary/aromatic N) is 2. The molecule has 0 fully saturated rings. The Morgan fingerprint density at radius 2 is 1.62 bits per heavy atom. The molecule has 0 N–H and O–H groups in total. The van der Waals surface area contributed by atoms with Gasteiger partial charge in [0, 0.05) is 35.6 Å². The molecule has 32 heavy (non-hydrogen) atoms. The molecule has 1 aliphatic heterocycles. The van der Waals surface area contributed by atoms with Crippen molar-refractivity contribution in [2.45, 2.75) is 26.3 Å². The van der Waals surface area contributed by atoms with Crippen LogP contribution in [0, 0.1) is 11.7 Å². The molecule has 1 aliphatic rings. The van der Waals surface area contributed by atoms with Crippen molar-refractivity contribution in [3.63, 3.8) is 0 Å². The van der Waals surface area contributed by atoms with Gasteiger partial charge in [0.1, 0.15) is 5.82 Å². The summed E-state index contributed by atoms with van der Waals surface area (Å²) in [7, 11) is 2.05. The van der Waals surface area contributed by atoms with Crippen molar-refractivity contribution >= 4 is 16.8 Å². The number of carbonyl (C=O) groups excluding carboxylic acids is 1. The molecular weight excluding hydrogens is 399 g/mol. The average molecular weight is 427 g/mol. The summed E-state index contributed by atoms with van der Waals surface area (Å²) < 4.78 is 15.9. The fraction of sp³-hybridized carbons (Fsp3) is 0.250. The number of para-hydroxylation sites is 1. The Balaban J connectivity index is 1.79. The Hall–Kier alpha value is -3.40. The van der Waals surface area contributed by atoms with Gasteiger partial charge >= 0.3 is 0 Å². The monoisotopic (exact) mass is 426 g/mol. The van der Waals surface area contributed by atoms with Gasteiger partial charge in [0.2, 0.25) is 0 Å². The number of halogens is 1. The number of hydrogen-bond acceptors (Lipinski definition) is 1. The average Bonchev–Trinajstić information content (AvgIpc) is 3.24. The largest absolute Gasteiger partial charge is 0.343 e. The summed E-state index contributed by atoms with van der Waals surface area (Å²) in [6, 6.07) is 22.7. The summed E-state index contributed by atoms with van der Waals surface area (Å²) in [6.07, 6.45) is 0.937. The van der Waals surface area contributed by atoms with Crippen LogP contribution >= 0.6 is 0 Å². The van der Waals surface area contributed by atoms with Crippen molar-refractivity contribution in [1.29, 1.82) is 0 Å². The lowest BCUT2D eigenvalue weighted by Gasteiger charge is -2.27. The highest BCUT2D eigenvalue weighted by atomic mass is 19.1. The third kappa shape index (κ3) is 3.22. The molecule has 0 spiro atoms. The first kappa shape index (κ1) is 20.5. The van der Waals surface area contributed by atoms with Crippen LogP contribution in [-0.4, -0.2) is 21.9 Å². The molecule has 0 saturated heterocycles. The van der Waals surface area contributed by atoms with Crippen molar-refractivity contribution < 1.29 is 9.18 Å². The van der Waals surface area contributed by atoms with Crippen LogP contribution in [0.3, 0.4) is 0 Å². The molecule has 4 heteroatoms. The van der Waals surface area contributed by atoms with Crippen LogP contribution in [0.1, 0.15) is 47.8 Å². The maximum atomic E-state index is 13.7. The van der Waals surface area contributed by atoms with E-state index in [0.717, 1.165) is 45.3 Å². The van der Waals surface area contributed by atoms with Crippen LogP contribution in [0.4, 0.5) is 4.39 Å². The summed E-state index contributed by atoms with van der Waals surface area (Å²) in [5.41, 5.74) is 6.00. The highest BCUT2D eigenvalue weighted by molar-refractivity contribution is 6.02. The van der Waals surface area contributed by atoms with E-state index in [1.165, 1.54) is 12.1 Å². The third-order valence-electron chi connectivity index (χ3n) is 6.54. The van der Waals surface area contributed by atoms with Crippen molar-refractivity contribution in [2.24, 2.45) is 13.0 Å². The number of carbonyl (C=O) groups is 1. The first-order valence-electron chi connectivity index (χ1n) is 11.2. The molecule has 1 amide bonds. The molecule has 3 aromatic carbocycles. The maximum absolute atomic E-state index is 13.7. The maximum Gasteiger partial charge on any atom is 0.255 e. The molecular formula is C28H27FN2O. The first-order valence-corrected chi connectivity index (χ1v) is 11.2. The molecule has 162 valence electrons. The van der Waals surface area contributed by atoms with Gasteiger partial charge < -0.3 is 9.47 Å². The predicted molar refractivity (Wildman–Crippen MR) is 127 cm³/mol. The van der Waals surface area contributed by atoms with Crippen LogP contribution in [0.2, 0.25) is 0 Å². The zero-order valence-corrected chi connectivity index (χ0v) is 18.7. The minimum absolute atomic E-state index is 0.0873. The van der Waals surface area contributed by atoms with E-state index in [1.54, 1.807) is 0 Å². The van der Waals surface area contributed by atoms with Crippen LogP contribution < -0.4 is 0 Å². The molecule has 0 bridgehead atoms. The molecule has 0 radical (unpaired) electrons. The first-order chi connectivity index (χ1) is 15.5. The van der Waals surface area contributed by atoms with E-state index in [0.29, 0.717) is 12.5 Å². The molecule has 0 saturated carbocycles. The van der Waals surface area contributed by atoms with Crippen LogP contribution in [0.15, 0.2) is 72.8 Å². The number of amides is 1. The second kappa shape index (κ2) is 7.94. The smallest absolute Gasteiger partial charge is 0.255 e. The molecule has 2 heterocycles. The highest BCUT2D eigenvalue weighted by Crippen LogP contribution is 2.46. The van der Waals surface area contributed by atoms with Crippen molar-refractivity contribution in [1.82, 2.24) is 9.47 Å². The number of hydrogen-bond donors (Lipinski definition) is 0. The SMILES string of the molecule is CC(C)CCN1C(=O)c2ccccc2[C@H]1c1c(-c2ccc(F)cc2)n(C)c2ccccc12. The van der Waals surface area contributed by atoms with E-state index in [4.69, 9.17) is 0 Å². The highest BCUT2D eigenvalue weighted by Gasteiger charge is 2.40. The van der Waals surface area contributed by atoms with Crippen LogP contribution in [0.25, 0.3) is 22.2 Å². The zero-order chi connectivity index (χ0) is 22.4. The van der Waals surface area contributed by atoms with Gasteiger partial charge in [0.25, 0.3) is 5.91 Å². The number of aromatic nitrogens is 1. The Kier molecular flexibility index (Phi) is 5.09. The van der Waals surface area contributed by atoms with Gasteiger partial charge in [-0.3, -0.25) is 4.79 Å². The second-order valence-electron chi connectivity index (χ2n) is 9.02. The van der Waals surface area contributed by atoms with E-state index in [2.05, 4.69) is 36.6 Å². The van der Waals surface area contributed by atoms with Gasteiger partial charge in [0.15, 0.2) is 0 Å². The van der Waals surface area contributed by atoms with Gasteiger partial charge in [-0.1, -0.05) is 50.2 Å². The lowest BCUT2D eigenvalue weighted by molar-refractivity contribution is 0.0742. The standard InChI is InChI=1S/C28H27FN2O/c1-18(2)16-17-31-27(21-8-4-5-9-22(21)28(31)32)25-23-10-6-7-11-24(23)30(3)26(25)19-12-14-20(29)15-13-19/h4-15,18,27H,16-17H2,1-3H3/t27-/m0/s1. The van der Waals surface area contributed by atoms with Crippen LogP contribution in [-0.2, 0) is 7.05 Å². The lowest BCUT2D eigenvalue weighted by atomic mass is 9.93. The predicted octanol–water partition coefficient (Wildman–Crippen LogP) is 6.58. The number of aryl methyl sites for hydroxylation is 1. The number of rotatable bonds is 5. The normalized spacial score (nSPS) is 15.7. The number of benzene rings is 3. The summed E-state index contributed by atoms with van der Waals surface area (Å²) in [5, 5.41) is 1.12. The van der Waals surface area contributed by atoms with E-state index in [9.17, 15) is 9.18 Å². The Bertz CT molecular complexity index is 1300. The Morgan fingerprint density at radius 3 is 2.38 bits per heavy atom. The fourth-order valence-corrected chi connectivity index (χ4v) is 4.97. The van der Waals surface area contributed by atoms with Gasteiger partial charge in [-0.05, 0) is 59.9 Å². The lowest BCUT2D eigenvalue weighted by Crippen LogP contribution is -2.30. The molecule has 1 aromatic heterocycles. The summed E-state index contributed by atoms with van der Waals surface area (Å²) in [5.74, 6) is 0.328. The molecule has 3 nitrogen and oxygen atoms in total.